The molecule has 0 saturated carbocycles. The molecule has 0 aromatic rings. The number of fused-ring (bicyclic) bond motifs is 2. The van der Waals surface area contributed by atoms with Crippen molar-refractivity contribution in [1.29, 1.82) is 0 Å². The van der Waals surface area contributed by atoms with E-state index in [2.05, 4.69) is 5.32 Å². The summed E-state index contributed by atoms with van der Waals surface area (Å²) in [4.78, 5) is 13.6. The number of nitrogens with zero attached hydrogens (tertiary/aromatic N) is 1. The Balaban J connectivity index is 2.10. The maximum Gasteiger partial charge on any atom is 0.409 e. The van der Waals surface area contributed by atoms with Gasteiger partial charge in [-0.15, -0.1) is 0 Å². The molecule has 86 valence electrons. The molecule has 0 aromatic carbocycles. The second-order valence-electron chi connectivity index (χ2n) is 4.57. The predicted molar refractivity (Wildman–Crippen MR) is 57.8 cm³/mol. The molecule has 2 saturated heterocycles. The maximum atomic E-state index is 11.7. The molecular weight excluding hydrogens is 192 g/mol. The van der Waals surface area contributed by atoms with E-state index in [4.69, 9.17) is 4.74 Å². The normalized spacial score (nSPS) is 35.1. The highest BCUT2D eigenvalue weighted by molar-refractivity contribution is 5.68. The van der Waals surface area contributed by atoms with E-state index in [1.807, 2.05) is 11.9 Å². The van der Waals surface area contributed by atoms with Crippen molar-refractivity contribution in [3.05, 3.63) is 0 Å². The van der Waals surface area contributed by atoms with Crippen LogP contribution in [0.1, 0.15) is 32.1 Å². The van der Waals surface area contributed by atoms with Gasteiger partial charge in [-0.1, -0.05) is 0 Å². The minimum atomic E-state index is -0.140. The van der Waals surface area contributed by atoms with Crippen LogP contribution in [0, 0.1) is 0 Å². The fourth-order valence-corrected chi connectivity index (χ4v) is 3.02. The van der Waals surface area contributed by atoms with E-state index in [0.717, 1.165) is 25.7 Å². The third-order valence-electron chi connectivity index (χ3n) is 3.77. The van der Waals surface area contributed by atoms with Gasteiger partial charge in [-0.05, 0) is 39.2 Å². The smallest absolute Gasteiger partial charge is 0.409 e. The van der Waals surface area contributed by atoms with Crippen molar-refractivity contribution >= 4 is 6.09 Å². The number of hydrogen-bond acceptors (Lipinski definition) is 3. The second-order valence-corrected chi connectivity index (χ2v) is 4.57. The highest BCUT2D eigenvalue weighted by Gasteiger charge is 2.40. The Kier molecular flexibility index (Phi) is 3.14. The molecule has 2 rings (SSSR count). The summed E-state index contributed by atoms with van der Waals surface area (Å²) in [6.45, 7) is 0. The molecule has 0 spiro atoms. The Hall–Kier alpha value is -0.770. The highest BCUT2D eigenvalue weighted by atomic mass is 16.5. The summed E-state index contributed by atoms with van der Waals surface area (Å²) in [7, 11) is 3.48. The van der Waals surface area contributed by atoms with Crippen LogP contribution in [-0.4, -0.2) is 43.3 Å². The summed E-state index contributed by atoms with van der Waals surface area (Å²) >= 11 is 0. The molecule has 4 nitrogen and oxygen atoms in total. The zero-order chi connectivity index (χ0) is 10.8. The van der Waals surface area contributed by atoms with Crippen LogP contribution in [0.5, 0.6) is 0 Å². The number of nitrogens with one attached hydrogen (secondary N) is 1. The number of carbonyl (C=O) groups excluding carboxylic acids is 1. The van der Waals surface area contributed by atoms with Crippen LogP contribution in [0.15, 0.2) is 0 Å². The average molecular weight is 212 g/mol. The monoisotopic (exact) mass is 212 g/mol. The molecule has 2 fully saturated rings. The van der Waals surface area contributed by atoms with Crippen LogP contribution in [0.2, 0.25) is 0 Å². The van der Waals surface area contributed by atoms with E-state index in [1.54, 1.807) is 0 Å². The van der Waals surface area contributed by atoms with Crippen LogP contribution in [-0.2, 0) is 4.74 Å². The van der Waals surface area contributed by atoms with Gasteiger partial charge in [0, 0.05) is 18.1 Å². The highest BCUT2D eigenvalue weighted by Crippen LogP contribution is 2.34. The van der Waals surface area contributed by atoms with Crippen molar-refractivity contribution in [1.82, 2.24) is 10.2 Å². The van der Waals surface area contributed by atoms with Gasteiger partial charge in [-0.3, -0.25) is 0 Å². The predicted octanol–water partition coefficient (Wildman–Crippen LogP) is 1.36. The van der Waals surface area contributed by atoms with E-state index in [1.165, 1.54) is 13.5 Å². The SMILES string of the molecule is CNC1C[C@H]2CCC[C@@H](C1)N2C(=O)OC. The van der Waals surface area contributed by atoms with Gasteiger partial charge in [0.05, 0.1) is 7.11 Å². The Labute approximate surface area is 91.0 Å². The first kappa shape index (κ1) is 10.7. The molecule has 0 aliphatic carbocycles. The van der Waals surface area contributed by atoms with Crippen molar-refractivity contribution in [3.8, 4) is 0 Å². The molecule has 2 aliphatic heterocycles. The van der Waals surface area contributed by atoms with Gasteiger partial charge in [-0.2, -0.15) is 0 Å². The Bertz CT molecular complexity index is 231. The number of amides is 1. The third-order valence-corrected chi connectivity index (χ3v) is 3.77. The van der Waals surface area contributed by atoms with Crippen molar-refractivity contribution in [2.45, 2.75) is 50.2 Å². The van der Waals surface area contributed by atoms with E-state index in [-0.39, 0.29) is 6.09 Å². The number of ether oxygens (including phenoxy) is 1. The first-order chi connectivity index (χ1) is 7.26. The fourth-order valence-electron chi connectivity index (χ4n) is 3.02. The first-order valence-corrected chi connectivity index (χ1v) is 5.79. The van der Waals surface area contributed by atoms with Crippen LogP contribution in [0.3, 0.4) is 0 Å². The van der Waals surface area contributed by atoms with Gasteiger partial charge in [0.25, 0.3) is 0 Å². The zero-order valence-corrected chi connectivity index (χ0v) is 9.53. The molecule has 2 heterocycles. The molecule has 0 radical (unpaired) electrons. The van der Waals surface area contributed by atoms with Crippen LogP contribution in [0.4, 0.5) is 4.79 Å². The molecule has 1 N–H and O–H groups in total. The first-order valence-electron chi connectivity index (χ1n) is 5.79. The number of carbonyl (C=O) groups is 1. The largest absolute Gasteiger partial charge is 0.453 e. The Morgan fingerprint density at radius 2 is 1.93 bits per heavy atom. The van der Waals surface area contributed by atoms with Gasteiger partial charge in [0.2, 0.25) is 0 Å². The van der Waals surface area contributed by atoms with Crippen molar-refractivity contribution in [2.24, 2.45) is 0 Å². The maximum absolute atomic E-state index is 11.7. The summed E-state index contributed by atoms with van der Waals surface area (Å²) in [6, 6.07) is 1.35. The molecule has 1 unspecified atom stereocenters. The lowest BCUT2D eigenvalue weighted by Crippen LogP contribution is -2.57. The van der Waals surface area contributed by atoms with Crippen molar-refractivity contribution in [3.63, 3.8) is 0 Å². The lowest BCUT2D eigenvalue weighted by atomic mass is 9.82. The van der Waals surface area contributed by atoms with E-state index < -0.39 is 0 Å². The van der Waals surface area contributed by atoms with Gasteiger partial charge in [0.15, 0.2) is 0 Å². The molecule has 15 heavy (non-hydrogen) atoms. The standard InChI is InChI=1S/C11H20N2O2/c1-12-8-6-9-4-3-5-10(7-8)13(9)11(14)15-2/h8-10,12H,3-7H2,1-2H3/t8?,9-,10+. The zero-order valence-electron chi connectivity index (χ0n) is 9.53. The molecule has 2 bridgehead atoms. The molecule has 4 heteroatoms. The minimum Gasteiger partial charge on any atom is -0.453 e. The van der Waals surface area contributed by atoms with Crippen LogP contribution >= 0.6 is 0 Å². The Morgan fingerprint density at radius 1 is 1.33 bits per heavy atom. The van der Waals surface area contributed by atoms with Gasteiger partial charge in [-0.25, -0.2) is 4.79 Å². The summed E-state index contributed by atoms with van der Waals surface area (Å²) in [5, 5.41) is 3.33. The number of piperidine rings is 2. The van der Waals surface area contributed by atoms with Crippen LogP contribution < -0.4 is 5.32 Å². The van der Waals surface area contributed by atoms with Gasteiger partial charge in [0.1, 0.15) is 0 Å². The van der Waals surface area contributed by atoms with Gasteiger partial charge >= 0.3 is 6.09 Å². The summed E-state index contributed by atoms with van der Waals surface area (Å²) < 4.78 is 4.86. The average Bonchev–Trinajstić information content (AvgIpc) is 2.26. The van der Waals surface area contributed by atoms with E-state index >= 15 is 0 Å². The third kappa shape index (κ3) is 1.95. The van der Waals surface area contributed by atoms with Gasteiger partial charge < -0.3 is 15.0 Å². The molecular formula is C11H20N2O2. The van der Waals surface area contributed by atoms with Crippen molar-refractivity contribution in [2.75, 3.05) is 14.2 Å². The van der Waals surface area contributed by atoms with E-state index in [0.29, 0.717) is 18.1 Å². The topological polar surface area (TPSA) is 41.6 Å². The van der Waals surface area contributed by atoms with E-state index in [9.17, 15) is 4.79 Å². The number of methoxy groups -OCH3 is 1. The molecule has 1 amide bonds. The Morgan fingerprint density at radius 3 is 2.40 bits per heavy atom. The minimum absolute atomic E-state index is 0.140. The van der Waals surface area contributed by atoms with Crippen LogP contribution in [0.25, 0.3) is 0 Å². The van der Waals surface area contributed by atoms with Crippen molar-refractivity contribution < 1.29 is 9.53 Å². The second kappa shape index (κ2) is 4.39. The summed E-state index contributed by atoms with van der Waals surface area (Å²) in [6.07, 6.45) is 5.51. The molecule has 0 aromatic heterocycles. The quantitative estimate of drug-likeness (QED) is 0.713. The summed E-state index contributed by atoms with van der Waals surface area (Å²) in [5.74, 6) is 0. The fraction of sp³-hybridized carbons (Fsp3) is 0.909. The number of rotatable bonds is 1. The summed E-state index contributed by atoms with van der Waals surface area (Å²) in [5.41, 5.74) is 0. The lowest BCUT2D eigenvalue weighted by Gasteiger charge is -2.47. The molecule has 3 atom stereocenters. The lowest BCUT2D eigenvalue weighted by molar-refractivity contribution is 0.0228. The number of hydrogen-bond donors (Lipinski definition) is 1. The molecule has 2 aliphatic rings.